The third kappa shape index (κ3) is 5.07. The van der Waals surface area contributed by atoms with Crippen molar-refractivity contribution in [1.82, 2.24) is 0 Å². The molecule has 2 aromatic rings. The van der Waals surface area contributed by atoms with Crippen LogP contribution in [0.3, 0.4) is 0 Å². The summed E-state index contributed by atoms with van der Waals surface area (Å²) in [5.41, 5.74) is 6.70. The van der Waals surface area contributed by atoms with Gasteiger partial charge in [0.1, 0.15) is 18.5 Å². The first kappa shape index (κ1) is 19.4. The van der Waals surface area contributed by atoms with Gasteiger partial charge in [0.05, 0.1) is 12.8 Å². The molecule has 0 saturated carbocycles. The van der Waals surface area contributed by atoms with E-state index in [0.29, 0.717) is 13.2 Å². The molecule has 0 radical (unpaired) electrons. The number of rotatable bonds is 3. The van der Waals surface area contributed by atoms with E-state index in [4.69, 9.17) is 19.9 Å². The average molecular weight is 370 g/mol. The molecular weight excluding hydrogens is 340 g/mol. The average Bonchev–Trinajstić information content (AvgIpc) is 2.74. The summed E-state index contributed by atoms with van der Waals surface area (Å²) >= 11 is 0. The van der Waals surface area contributed by atoms with Gasteiger partial charge in [-0.15, -0.1) is 0 Å². The number of para-hydroxylation sites is 4. The maximum Gasteiger partial charge on any atom is 0.161 e. The maximum absolute atomic E-state index is 5.53. The molecule has 0 aromatic heterocycles. The number of methoxy groups -OCH3 is 1. The Kier molecular flexibility index (Phi) is 6.82. The van der Waals surface area contributed by atoms with Crippen LogP contribution in [0.15, 0.2) is 48.5 Å². The van der Waals surface area contributed by atoms with Crippen molar-refractivity contribution in [2.75, 3.05) is 38.3 Å². The van der Waals surface area contributed by atoms with Crippen molar-refractivity contribution in [1.29, 1.82) is 0 Å². The van der Waals surface area contributed by atoms with Crippen molar-refractivity contribution in [3.8, 4) is 17.2 Å². The highest BCUT2D eigenvalue weighted by molar-refractivity contribution is 5.58. The van der Waals surface area contributed by atoms with Gasteiger partial charge in [-0.05, 0) is 43.0 Å². The highest BCUT2D eigenvalue weighted by Crippen LogP contribution is 2.31. The van der Waals surface area contributed by atoms with E-state index in [2.05, 4.69) is 24.0 Å². The predicted molar refractivity (Wildman–Crippen MR) is 109 cm³/mol. The second-order valence-corrected chi connectivity index (χ2v) is 7.07. The van der Waals surface area contributed by atoms with Gasteiger partial charge in [-0.3, -0.25) is 0 Å². The number of hydrogen-bond acceptors (Lipinski definition) is 5. The Balaban J connectivity index is 0.000000159. The van der Waals surface area contributed by atoms with Crippen LogP contribution in [0.1, 0.15) is 19.8 Å². The van der Waals surface area contributed by atoms with Gasteiger partial charge < -0.3 is 24.8 Å². The molecule has 4 rings (SSSR count). The Morgan fingerprint density at radius 3 is 2.41 bits per heavy atom. The van der Waals surface area contributed by atoms with Crippen molar-refractivity contribution >= 4 is 5.69 Å². The van der Waals surface area contributed by atoms with Crippen LogP contribution in [0.5, 0.6) is 17.2 Å². The number of fused-ring (bicyclic) bond motifs is 1. The molecule has 1 atom stereocenters. The summed E-state index contributed by atoms with van der Waals surface area (Å²) in [6, 6.07) is 15.9. The number of ether oxygens (including phenoxy) is 3. The standard InChI is InChI=1S/C13H19NO.C9H11NO2/c1-11-7-9-14(10-8-11)12-5-3-4-6-13(12)15-2;10-5-7-6-11-8-3-1-2-4-9(8)12-7/h3-6,11H,7-10H2,1-2H3;1-4,7H,5-6,10H2. The van der Waals surface area contributed by atoms with Gasteiger partial charge in [-0.25, -0.2) is 0 Å². The molecule has 146 valence electrons. The molecule has 2 aromatic carbocycles. The fourth-order valence-corrected chi connectivity index (χ4v) is 3.32. The fourth-order valence-electron chi connectivity index (χ4n) is 3.32. The molecule has 5 nitrogen and oxygen atoms in total. The van der Waals surface area contributed by atoms with Crippen LogP contribution in [0.2, 0.25) is 0 Å². The Morgan fingerprint density at radius 1 is 1.04 bits per heavy atom. The smallest absolute Gasteiger partial charge is 0.161 e. The lowest BCUT2D eigenvalue weighted by atomic mass is 9.99. The van der Waals surface area contributed by atoms with E-state index < -0.39 is 0 Å². The Hall–Kier alpha value is -2.40. The van der Waals surface area contributed by atoms with Crippen molar-refractivity contribution in [3.05, 3.63) is 48.5 Å². The van der Waals surface area contributed by atoms with Gasteiger partial charge in [-0.2, -0.15) is 0 Å². The largest absolute Gasteiger partial charge is 0.495 e. The second-order valence-electron chi connectivity index (χ2n) is 7.07. The second kappa shape index (κ2) is 9.51. The highest BCUT2D eigenvalue weighted by atomic mass is 16.6. The number of piperidine rings is 1. The zero-order chi connectivity index (χ0) is 19.1. The topological polar surface area (TPSA) is 57.0 Å². The third-order valence-corrected chi connectivity index (χ3v) is 5.04. The molecule has 0 aliphatic carbocycles. The van der Waals surface area contributed by atoms with Gasteiger partial charge in [0, 0.05) is 19.6 Å². The number of nitrogens with two attached hydrogens (primary N) is 1. The van der Waals surface area contributed by atoms with Crippen LogP contribution in [0, 0.1) is 5.92 Å². The summed E-state index contributed by atoms with van der Waals surface area (Å²) in [7, 11) is 1.74. The normalized spacial score (nSPS) is 19.1. The Morgan fingerprint density at radius 2 is 1.70 bits per heavy atom. The minimum atomic E-state index is -0.0000926. The molecular formula is C22H30N2O3. The molecule has 27 heavy (non-hydrogen) atoms. The zero-order valence-electron chi connectivity index (χ0n) is 16.3. The SMILES string of the molecule is COc1ccccc1N1CCC(C)CC1.NCC1COc2ccccc2O1. The van der Waals surface area contributed by atoms with E-state index in [1.807, 2.05) is 36.4 Å². The van der Waals surface area contributed by atoms with Crippen molar-refractivity contribution in [3.63, 3.8) is 0 Å². The molecule has 0 spiro atoms. The molecule has 5 heteroatoms. The number of anilines is 1. The van der Waals surface area contributed by atoms with Crippen LogP contribution >= 0.6 is 0 Å². The van der Waals surface area contributed by atoms with Crippen molar-refractivity contribution in [2.24, 2.45) is 11.7 Å². The number of nitrogens with zero attached hydrogens (tertiary/aromatic N) is 1. The molecule has 0 amide bonds. The molecule has 2 aliphatic heterocycles. The lowest BCUT2D eigenvalue weighted by molar-refractivity contribution is 0.0969. The summed E-state index contributed by atoms with van der Waals surface area (Å²) in [5.74, 6) is 3.46. The Bertz CT molecular complexity index is 714. The Labute approximate surface area is 162 Å². The quantitative estimate of drug-likeness (QED) is 0.892. The summed E-state index contributed by atoms with van der Waals surface area (Å²) in [4.78, 5) is 2.43. The fraction of sp³-hybridized carbons (Fsp3) is 0.455. The van der Waals surface area contributed by atoms with Gasteiger partial charge in [0.25, 0.3) is 0 Å². The molecule has 1 unspecified atom stereocenters. The number of hydrogen-bond donors (Lipinski definition) is 1. The number of benzene rings is 2. The zero-order valence-corrected chi connectivity index (χ0v) is 16.3. The molecule has 2 heterocycles. The predicted octanol–water partition coefficient (Wildman–Crippen LogP) is 3.72. The summed E-state index contributed by atoms with van der Waals surface area (Å²) in [6.07, 6.45) is 2.58. The van der Waals surface area contributed by atoms with Crippen LogP contribution in [-0.4, -0.2) is 39.5 Å². The van der Waals surface area contributed by atoms with E-state index in [0.717, 1.165) is 36.3 Å². The highest BCUT2D eigenvalue weighted by Gasteiger charge is 2.19. The third-order valence-electron chi connectivity index (χ3n) is 5.04. The first-order valence-electron chi connectivity index (χ1n) is 9.67. The first-order chi connectivity index (χ1) is 13.2. The molecule has 0 bridgehead atoms. The minimum Gasteiger partial charge on any atom is -0.495 e. The van der Waals surface area contributed by atoms with E-state index in [-0.39, 0.29) is 6.10 Å². The minimum absolute atomic E-state index is 0.0000926. The van der Waals surface area contributed by atoms with Crippen molar-refractivity contribution < 1.29 is 14.2 Å². The molecule has 1 fully saturated rings. The summed E-state index contributed by atoms with van der Waals surface area (Å²) in [5, 5.41) is 0. The van der Waals surface area contributed by atoms with Crippen molar-refractivity contribution in [2.45, 2.75) is 25.9 Å². The van der Waals surface area contributed by atoms with Gasteiger partial charge in [0.2, 0.25) is 0 Å². The lowest BCUT2D eigenvalue weighted by Gasteiger charge is -2.32. The van der Waals surface area contributed by atoms with E-state index >= 15 is 0 Å². The van der Waals surface area contributed by atoms with E-state index in [1.165, 1.54) is 18.5 Å². The van der Waals surface area contributed by atoms with E-state index in [9.17, 15) is 0 Å². The molecule has 1 saturated heterocycles. The van der Waals surface area contributed by atoms with Gasteiger partial charge >= 0.3 is 0 Å². The molecule has 2 aliphatic rings. The van der Waals surface area contributed by atoms with Crippen LogP contribution < -0.4 is 24.8 Å². The van der Waals surface area contributed by atoms with E-state index in [1.54, 1.807) is 7.11 Å². The molecule has 2 N–H and O–H groups in total. The van der Waals surface area contributed by atoms with Gasteiger partial charge in [-0.1, -0.05) is 31.2 Å². The first-order valence-corrected chi connectivity index (χ1v) is 9.67. The summed E-state index contributed by atoms with van der Waals surface area (Å²) in [6.45, 7) is 5.69. The van der Waals surface area contributed by atoms with Crippen LogP contribution in [0.25, 0.3) is 0 Å². The summed E-state index contributed by atoms with van der Waals surface area (Å²) < 4.78 is 16.3. The van der Waals surface area contributed by atoms with Crippen LogP contribution in [0.4, 0.5) is 5.69 Å². The monoisotopic (exact) mass is 370 g/mol. The lowest BCUT2D eigenvalue weighted by Crippen LogP contribution is -2.35. The van der Waals surface area contributed by atoms with Gasteiger partial charge in [0.15, 0.2) is 11.5 Å². The maximum atomic E-state index is 5.53. The van der Waals surface area contributed by atoms with Crippen LogP contribution in [-0.2, 0) is 0 Å².